The molecule has 0 spiro atoms. The molecule has 0 radical (unpaired) electrons. The number of halogens is 1. The second-order valence-corrected chi connectivity index (χ2v) is 6.48. The summed E-state index contributed by atoms with van der Waals surface area (Å²) in [7, 11) is 0. The summed E-state index contributed by atoms with van der Waals surface area (Å²) in [6, 6.07) is 7.51. The highest BCUT2D eigenvalue weighted by molar-refractivity contribution is 6.30. The molecule has 1 N–H and O–H groups in total. The zero-order chi connectivity index (χ0) is 15.6. The van der Waals surface area contributed by atoms with Crippen LogP contribution >= 0.6 is 11.6 Å². The number of hydrogen-bond acceptors (Lipinski definition) is 3. The SMILES string of the molecule is CC(Nc1nccn(C(C)(C)C)c1=O)c1cccc(Cl)c1. The molecular weight excluding hydrogens is 286 g/mol. The molecule has 21 heavy (non-hydrogen) atoms. The summed E-state index contributed by atoms with van der Waals surface area (Å²) in [6.45, 7) is 7.93. The van der Waals surface area contributed by atoms with E-state index in [1.54, 1.807) is 17.0 Å². The third-order valence-corrected chi connectivity index (χ3v) is 3.50. The Morgan fingerprint density at radius 3 is 2.67 bits per heavy atom. The van der Waals surface area contributed by atoms with Crippen LogP contribution in [-0.4, -0.2) is 9.55 Å². The summed E-state index contributed by atoms with van der Waals surface area (Å²) >= 11 is 6.00. The Kier molecular flexibility index (Phi) is 4.37. The summed E-state index contributed by atoms with van der Waals surface area (Å²) in [5.41, 5.74) is 0.601. The summed E-state index contributed by atoms with van der Waals surface area (Å²) in [4.78, 5) is 16.6. The lowest BCUT2D eigenvalue weighted by molar-refractivity contribution is 0.383. The van der Waals surface area contributed by atoms with Crippen LogP contribution in [-0.2, 0) is 5.54 Å². The van der Waals surface area contributed by atoms with E-state index in [-0.39, 0.29) is 17.1 Å². The second-order valence-electron chi connectivity index (χ2n) is 6.04. The van der Waals surface area contributed by atoms with Crippen LogP contribution in [0.4, 0.5) is 5.82 Å². The van der Waals surface area contributed by atoms with E-state index in [0.717, 1.165) is 5.56 Å². The Hall–Kier alpha value is -1.81. The van der Waals surface area contributed by atoms with Gasteiger partial charge in [0.15, 0.2) is 5.82 Å². The fourth-order valence-electron chi connectivity index (χ4n) is 2.10. The van der Waals surface area contributed by atoms with E-state index >= 15 is 0 Å². The highest BCUT2D eigenvalue weighted by atomic mass is 35.5. The Morgan fingerprint density at radius 2 is 2.05 bits per heavy atom. The lowest BCUT2D eigenvalue weighted by atomic mass is 10.1. The summed E-state index contributed by atoms with van der Waals surface area (Å²) in [5, 5.41) is 3.84. The van der Waals surface area contributed by atoms with Crippen molar-refractivity contribution in [1.82, 2.24) is 9.55 Å². The van der Waals surface area contributed by atoms with Crippen molar-refractivity contribution in [3.63, 3.8) is 0 Å². The molecule has 1 aromatic carbocycles. The molecule has 1 heterocycles. The molecule has 0 saturated heterocycles. The molecule has 0 aliphatic rings. The summed E-state index contributed by atoms with van der Waals surface area (Å²) in [5.74, 6) is 0.347. The molecule has 4 nitrogen and oxygen atoms in total. The first-order valence-electron chi connectivity index (χ1n) is 6.89. The smallest absolute Gasteiger partial charge is 0.293 e. The lowest BCUT2D eigenvalue weighted by Crippen LogP contribution is -2.35. The summed E-state index contributed by atoms with van der Waals surface area (Å²) < 4.78 is 1.67. The van der Waals surface area contributed by atoms with Gasteiger partial charge < -0.3 is 9.88 Å². The number of nitrogens with zero attached hydrogens (tertiary/aromatic N) is 2. The maximum absolute atomic E-state index is 12.5. The van der Waals surface area contributed by atoms with Gasteiger partial charge in [-0.3, -0.25) is 4.79 Å². The first-order chi connectivity index (χ1) is 9.79. The van der Waals surface area contributed by atoms with Crippen molar-refractivity contribution in [2.75, 3.05) is 5.32 Å². The number of hydrogen-bond donors (Lipinski definition) is 1. The molecule has 5 heteroatoms. The topological polar surface area (TPSA) is 46.9 Å². The monoisotopic (exact) mass is 305 g/mol. The molecule has 1 unspecified atom stereocenters. The third-order valence-electron chi connectivity index (χ3n) is 3.27. The zero-order valence-corrected chi connectivity index (χ0v) is 13.5. The Bertz CT molecular complexity index is 688. The normalized spacial score (nSPS) is 13.0. The maximum Gasteiger partial charge on any atom is 0.293 e. The van der Waals surface area contributed by atoms with Gasteiger partial charge in [0, 0.05) is 23.0 Å². The van der Waals surface area contributed by atoms with Gasteiger partial charge in [0.2, 0.25) is 0 Å². The van der Waals surface area contributed by atoms with Crippen molar-refractivity contribution in [3.8, 4) is 0 Å². The van der Waals surface area contributed by atoms with Gasteiger partial charge in [-0.25, -0.2) is 4.98 Å². The predicted octanol–water partition coefficient (Wildman–Crippen LogP) is 3.82. The van der Waals surface area contributed by atoms with E-state index in [4.69, 9.17) is 11.6 Å². The number of nitrogens with one attached hydrogen (secondary N) is 1. The molecule has 0 aliphatic carbocycles. The molecule has 0 aliphatic heterocycles. The molecule has 112 valence electrons. The molecule has 2 aromatic rings. The van der Waals surface area contributed by atoms with Crippen LogP contribution in [0.2, 0.25) is 5.02 Å². The Labute approximate surface area is 129 Å². The highest BCUT2D eigenvalue weighted by Gasteiger charge is 2.17. The number of rotatable bonds is 3. The van der Waals surface area contributed by atoms with E-state index in [2.05, 4.69) is 10.3 Å². The van der Waals surface area contributed by atoms with Gasteiger partial charge in [-0.15, -0.1) is 0 Å². The molecular formula is C16H20ClN3O. The molecule has 0 bridgehead atoms. The minimum Gasteiger partial charge on any atom is -0.359 e. The molecule has 1 aromatic heterocycles. The first-order valence-corrected chi connectivity index (χ1v) is 7.27. The molecule has 0 amide bonds. The lowest BCUT2D eigenvalue weighted by Gasteiger charge is -2.23. The molecule has 0 saturated carbocycles. The van der Waals surface area contributed by atoms with E-state index in [9.17, 15) is 4.79 Å². The van der Waals surface area contributed by atoms with Crippen LogP contribution in [0.5, 0.6) is 0 Å². The molecule has 1 atom stereocenters. The average molecular weight is 306 g/mol. The van der Waals surface area contributed by atoms with Gasteiger partial charge in [0.05, 0.1) is 6.04 Å². The predicted molar refractivity (Wildman–Crippen MR) is 87.0 cm³/mol. The number of benzene rings is 1. The molecule has 2 rings (SSSR count). The van der Waals surface area contributed by atoms with Crippen molar-refractivity contribution in [2.45, 2.75) is 39.3 Å². The van der Waals surface area contributed by atoms with E-state index in [0.29, 0.717) is 10.8 Å². The largest absolute Gasteiger partial charge is 0.359 e. The van der Waals surface area contributed by atoms with Gasteiger partial charge >= 0.3 is 0 Å². The van der Waals surface area contributed by atoms with Crippen molar-refractivity contribution in [2.24, 2.45) is 0 Å². The maximum atomic E-state index is 12.5. The minimum atomic E-state index is -0.282. The van der Waals surface area contributed by atoms with Crippen molar-refractivity contribution in [3.05, 3.63) is 57.6 Å². The fourth-order valence-corrected chi connectivity index (χ4v) is 2.30. The van der Waals surface area contributed by atoms with Crippen LogP contribution in [0.25, 0.3) is 0 Å². The summed E-state index contributed by atoms with van der Waals surface area (Å²) in [6.07, 6.45) is 3.34. The van der Waals surface area contributed by atoms with E-state index < -0.39 is 0 Å². The molecule has 0 fully saturated rings. The van der Waals surface area contributed by atoms with Crippen molar-refractivity contribution in [1.29, 1.82) is 0 Å². The average Bonchev–Trinajstić information content (AvgIpc) is 2.39. The number of anilines is 1. The fraction of sp³-hybridized carbons (Fsp3) is 0.375. The quantitative estimate of drug-likeness (QED) is 0.937. The van der Waals surface area contributed by atoms with Gasteiger partial charge in [0.25, 0.3) is 5.56 Å². The van der Waals surface area contributed by atoms with Crippen LogP contribution in [0, 0.1) is 0 Å². The minimum absolute atomic E-state index is 0.0558. The Balaban J connectivity index is 2.30. The van der Waals surface area contributed by atoms with Gasteiger partial charge in [-0.1, -0.05) is 23.7 Å². The van der Waals surface area contributed by atoms with Gasteiger partial charge in [-0.05, 0) is 45.4 Å². The van der Waals surface area contributed by atoms with E-state index in [1.165, 1.54) is 0 Å². The number of aromatic nitrogens is 2. The van der Waals surface area contributed by atoms with Crippen LogP contribution < -0.4 is 10.9 Å². The standard InChI is InChI=1S/C16H20ClN3O/c1-11(12-6-5-7-13(17)10-12)19-14-15(21)20(9-8-18-14)16(2,3)4/h5-11H,1-4H3,(H,18,19). The first kappa shape index (κ1) is 15.6. The van der Waals surface area contributed by atoms with Crippen molar-refractivity contribution < 1.29 is 0 Å². The van der Waals surface area contributed by atoms with Crippen LogP contribution in [0.3, 0.4) is 0 Å². The van der Waals surface area contributed by atoms with Gasteiger partial charge in [0.1, 0.15) is 0 Å². The zero-order valence-electron chi connectivity index (χ0n) is 12.7. The third kappa shape index (κ3) is 3.64. The second kappa shape index (κ2) is 5.90. The van der Waals surface area contributed by atoms with Crippen LogP contribution in [0.1, 0.15) is 39.3 Å². The van der Waals surface area contributed by atoms with Crippen LogP contribution in [0.15, 0.2) is 41.5 Å². The Morgan fingerprint density at radius 1 is 1.33 bits per heavy atom. The van der Waals surface area contributed by atoms with E-state index in [1.807, 2.05) is 52.0 Å². The van der Waals surface area contributed by atoms with Gasteiger partial charge in [-0.2, -0.15) is 0 Å². The van der Waals surface area contributed by atoms with Crippen molar-refractivity contribution >= 4 is 17.4 Å². The highest BCUT2D eigenvalue weighted by Crippen LogP contribution is 2.20.